The number of aliphatic hydroxyl groups is 1. The minimum atomic E-state index is -3.15. The van der Waals surface area contributed by atoms with E-state index in [0.29, 0.717) is 26.3 Å². The topological polar surface area (TPSA) is 76.1 Å². The minimum absolute atomic E-state index is 0.0204. The molecule has 2 aliphatic heterocycles. The molecule has 1 N–H and O–H groups in total. The van der Waals surface area contributed by atoms with Crippen molar-refractivity contribution in [3.05, 3.63) is 23.8 Å². The van der Waals surface area contributed by atoms with Crippen molar-refractivity contribution < 1.29 is 23.0 Å². The number of hydrogen-bond acceptors (Lipinski definition) is 6. The van der Waals surface area contributed by atoms with Gasteiger partial charge in [0.15, 0.2) is 21.3 Å². The fraction of sp³-hybridized carbons (Fsp3) is 0.625. The fourth-order valence-electron chi connectivity index (χ4n) is 3.16. The summed E-state index contributed by atoms with van der Waals surface area (Å²) in [6, 6.07) is 5.46. The Balaban J connectivity index is 1.76. The first-order valence-electron chi connectivity index (χ1n) is 7.99. The highest BCUT2D eigenvalue weighted by Crippen LogP contribution is 2.31. The van der Waals surface area contributed by atoms with Gasteiger partial charge in [-0.25, -0.2) is 8.42 Å². The molecule has 23 heavy (non-hydrogen) atoms. The van der Waals surface area contributed by atoms with E-state index in [1.54, 1.807) is 0 Å². The second-order valence-electron chi connectivity index (χ2n) is 6.11. The molecule has 2 aliphatic rings. The summed E-state index contributed by atoms with van der Waals surface area (Å²) >= 11 is 0. The third kappa shape index (κ3) is 3.79. The molecule has 0 aromatic heterocycles. The third-order valence-electron chi connectivity index (χ3n) is 4.37. The summed E-state index contributed by atoms with van der Waals surface area (Å²) < 4.78 is 34.8. The summed E-state index contributed by atoms with van der Waals surface area (Å²) in [5.41, 5.74) is 1.02. The molecule has 2 heterocycles. The molecule has 0 aliphatic carbocycles. The van der Waals surface area contributed by atoms with Crippen molar-refractivity contribution >= 4 is 9.84 Å². The standard InChI is InChI=1S/C16H23NO5S/c1-2-17(13-10-23(19,20)11-14(13)18)9-12-4-5-15-16(8-12)22-7-3-6-21-15/h4-5,8,13-14,18H,2-3,6-7,9-11H2,1H3/t13-,14-/m1/s1. The van der Waals surface area contributed by atoms with Crippen molar-refractivity contribution in [2.75, 3.05) is 31.3 Å². The van der Waals surface area contributed by atoms with E-state index in [9.17, 15) is 13.5 Å². The van der Waals surface area contributed by atoms with Crippen LogP contribution in [0.2, 0.25) is 0 Å². The molecular formula is C16H23NO5S. The zero-order valence-electron chi connectivity index (χ0n) is 13.3. The van der Waals surface area contributed by atoms with Crippen LogP contribution < -0.4 is 9.47 Å². The number of aliphatic hydroxyl groups excluding tert-OH is 1. The monoisotopic (exact) mass is 341 g/mol. The number of fused-ring (bicyclic) bond motifs is 1. The molecule has 7 heteroatoms. The van der Waals surface area contributed by atoms with Gasteiger partial charge in [0, 0.05) is 13.0 Å². The molecule has 0 radical (unpaired) electrons. The quantitative estimate of drug-likeness (QED) is 0.874. The summed E-state index contributed by atoms with van der Waals surface area (Å²) in [6.45, 7) is 4.50. The molecule has 6 nitrogen and oxygen atoms in total. The van der Waals surface area contributed by atoms with Crippen molar-refractivity contribution in [3.63, 3.8) is 0 Å². The lowest BCUT2D eigenvalue weighted by Gasteiger charge is -2.29. The third-order valence-corrected chi connectivity index (χ3v) is 6.07. The Morgan fingerprint density at radius 2 is 1.96 bits per heavy atom. The van der Waals surface area contributed by atoms with E-state index < -0.39 is 15.9 Å². The van der Waals surface area contributed by atoms with E-state index in [1.807, 2.05) is 30.0 Å². The molecule has 0 spiro atoms. The zero-order valence-corrected chi connectivity index (χ0v) is 14.1. The van der Waals surface area contributed by atoms with Gasteiger partial charge in [0.1, 0.15) is 0 Å². The number of ether oxygens (including phenoxy) is 2. The zero-order chi connectivity index (χ0) is 16.4. The highest BCUT2D eigenvalue weighted by molar-refractivity contribution is 7.91. The van der Waals surface area contributed by atoms with Crippen LogP contribution in [-0.4, -0.2) is 61.8 Å². The number of likely N-dealkylation sites (N-methyl/N-ethyl adjacent to an activating group) is 1. The number of rotatable bonds is 4. The first kappa shape index (κ1) is 16.5. The number of hydrogen-bond donors (Lipinski definition) is 1. The molecule has 128 valence electrons. The van der Waals surface area contributed by atoms with E-state index in [1.165, 1.54) is 0 Å². The van der Waals surface area contributed by atoms with Crippen LogP contribution in [0.25, 0.3) is 0 Å². The van der Waals surface area contributed by atoms with Gasteiger partial charge >= 0.3 is 0 Å². The molecule has 1 aromatic rings. The second kappa shape index (κ2) is 6.67. The lowest BCUT2D eigenvalue weighted by molar-refractivity contribution is 0.0818. The summed E-state index contributed by atoms with van der Waals surface area (Å²) in [5.74, 6) is 1.36. The molecule has 0 saturated carbocycles. The van der Waals surface area contributed by atoms with Crippen molar-refractivity contribution in [1.82, 2.24) is 4.90 Å². The Morgan fingerprint density at radius 1 is 1.22 bits per heavy atom. The van der Waals surface area contributed by atoms with Gasteiger partial charge in [-0.05, 0) is 24.2 Å². The van der Waals surface area contributed by atoms with Crippen LogP contribution in [0.3, 0.4) is 0 Å². The van der Waals surface area contributed by atoms with Crippen LogP contribution in [0, 0.1) is 0 Å². The summed E-state index contributed by atoms with van der Waals surface area (Å²) in [6.07, 6.45) is 0.0392. The van der Waals surface area contributed by atoms with Gasteiger partial charge in [-0.2, -0.15) is 0 Å². The molecule has 1 saturated heterocycles. The van der Waals surface area contributed by atoms with E-state index in [2.05, 4.69) is 0 Å². The number of sulfone groups is 1. The van der Waals surface area contributed by atoms with Crippen LogP contribution in [0.1, 0.15) is 18.9 Å². The fourth-order valence-corrected chi connectivity index (χ4v) is 5.00. The average molecular weight is 341 g/mol. The van der Waals surface area contributed by atoms with Gasteiger partial charge in [-0.15, -0.1) is 0 Å². The Kier molecular flexibility index (Phi) is 4.79. The van der Waals surface area contributed by atoms with Crippen LogP contribution >= 0.6 is 0 Å². The highest BCUT2D eigenvalue weighted by Gasteiger charge is 2.39. The van der Waals surface area contributed by atoms with Gasteiger partial charge in [0.2, 0.25) is 0 Å². The maximum Gasteiger partial charge on any atom is 0.161 e. The van der Waals surface area contributed by atoms with Gasteiger partial charge in [-0.1, -0.05) is 13.0 Å². The smallest absolute Gasteiger partial charge is 0.161 e. The van der Waals surface area contributed by atoms with Crippen LogP contribution in [-0.2, 0) is 16.4 Å². The maximum atomic E-state index is 11.7. The van der Waals surface area contributed by atoms with Crippen LogP contribution in [0.4, 0.5) is 0 Å². The van der Waals surface area contributed by atoms with Crippen molar-refractivity contribution in [3.8, 4) is 11.5 Å². The SMILES string of the molecule is CCN(Cc1ccc2c(c1)OCCCO2)[C@@H]1CS(=O)(=O)C[C@H]1O. The summed E-state index contributed by atoms with van der Waals surface area (Å²) in [4.78, 5) is 2.01. The average Bonchev–Trinajstić information content (AvgIpc) is 2.67. The number of nitrogens with zero attached hydrogens (tertiary/aromatic N) is 1. The van der Waals surface area contributed by atoms with Gasteiger partial charge in [0.05, 0.1) is 36.9 Å². The lowest BCUT2D eigenvalue weighted by atomic mass is 10.1. The van der Waals surface area contributed by atoms with Gasteiger partial charge < -0.3 is 14.6 Å². The predicted molar refractivity (Wildman–Crippen MR) is 86.6 cm³/mol. The van der Waals surface area contributed by atoms with Crippen molar-refractivity contribution in [1.29, 1.82) is 0 Å². The predicted octanol–water partition coefficient (Wildman–Crippen LogP) is 0.828. The van der Waals surface area contributed by atoms with E-state index in [4.69, 9.17) is 9.47 Å². The van der Waals surface area contributed by atoms with Crippen LogP contribution in [0.15, 0.2) is 18.2 Å². The highest BCUT2D eigenvalue weighted by atomic mass is 32.2. The molecular weight excluding hydrogens is 318 g/mol. The maximum absolute atomic E-state index is 11.7. The van der Waals surface area contributed by atoms with Crippen LogP contribution in [0.5, 0.6) is 11.5 Å². The Hall–Kier alpha value is -1.31. The van der Waals surface area contributed by atoms with E-state index in [-0.39, 0.29) is 17.5 Å². The lowest BCUT2D eigenvalue weighted by Crippen LogP contribution is -2.42. The van der Waals surface area contributed by atoms with Crippen molar-refractivity contribution in [2.24, 2.45) is 0 Å². The van der Waals surface area contributed by atoms with Crippen molar-refractivity contribution in [2.45, 2.75) is 32.0 Å². The Bertz CT molecular complexity index is 660. The Labute approximate surface area is 136 Å². The first-order valence-corrected chi connectivity index (χ1v) is 9.82. The molecule has 3 rings (SSSR count). The van der Waals surface area contributed by atoms with Gasteiger partial charge in [0.25, 0.3) is 0 Å². The number of benzene rings is 1. The normalized spacial score (nSPS) is 26.2. The molecule has 1 fully saturated rings. The minimum Gasteiger partial charge on any atom is -0.490 e. The molecule has 1 aromatic carbocycles. The summed E-state index contributed by atoms with van der Waals surface area (Å²) in [7, 11) is -3.15. The molecule has 0 unspecified atom stereocenters. The molecule has 2 atom stereocenters. The molecule has 0 bridgehead atoms. The van der Waals surface area contributed by atoms with E-state index >= 15 is 0 Å². The largest absolute Gasteiger partial charge is 0.490 e. The molecule has 0 amide bonds. The first-order chi connectivity index (χ1) is 11.0. The Morgan fingerprint density at radius 3 is 2.61 bits per heavy atom. The second-order valence-corrected chi connectivity index (χ2v) is 8.26. The van der Waals surface area contributed by atoms with Gasteiger partial charge in [-0.3, -0.25) is 4.90 Å². The van der Waals surface area contributed by atoms with E-state index in [0.717, 1.165) is 23.5 Å². The summed E-state index contributed by atoms with van der Waals surface area (Å²) in [5, 5.41) is 10.1.